The molecule has 2 amide bonds. The summed E-state index contributed by atoms with van der Waals surface area (Å²) < 4.78 is 0. The van der Waals surface area contributed by atoms with Gasteiger partial charge in [-0.05, 0) is 62.4 Å². The van der Waals surface area contributed by atoms with E-state index in [0.717, 1.165) is 35.3 Å². The van der Waals surface area contributed by atoms with Crippen molar-refractivity contribution >= 4 is 23.2 Å². The Hall–Kier alpha value is -2.82. The number of nitrogens with one attached hydrogen (secondary N) is 2. The number of amides is 2. The number of anilines is 2. The highest BCUT2D eigenvalue weighted by Crippen LogP contribution is 2.29. The first-order valence-corrected chi connectivity index (χ1v) is 9.43. The van der Waals surface area contributed by atoms with Gasteiger partial charge in [-0.2, -0.15) is 0 Å². The van der Waals surface area contributed by atoms with Gasteiger partial charge in [0, 0.05) is 17.4 Å². The van der Waals surface area contributed by atoms with E-state index in [2.05, 4.69) is 34.6 Å². The molecule has 2 aromatic carbocycles. The maximum absolute atomic E-state index is 12.4. The highest BCUT2D eigenvalue weighted by atomic mass is 16.2. The summed E-state index contributed by atoms with van der Waals surface area (Å²) in [6.07, 6.45) is 2.06. The minimum absolute atomic E-state index is 0.0317. The zero-order valence-corrected chi connectivity index (χ0v) is 16.2. The molecule has 0 aliphatic carbocycles. The second-order valence-electron chi connectivity index (χ2n) is 7.22. The van der Waals surface area contributed by atoms with Crippen LogP contribution in [-0.4, -0.2) is 30.9 Å². The average Bonchev–Trinajstić information content (AvgIpc) is 2.66. The minimum atomic E-state index is -0.218. The Morgan fingerprint density at radius 3 is 2.67 bits per heavy atom. The van der Waals surface area contributed by atoms with Crippen LogP contribution in [0, 0.1) is 13.8 Å². The number of hydrogen-bond acceptors (Lipinski definition) is 3. The number of benzene rings is 2. The van der Waals surface area contributed by atoms with Crippen molar-refractivity contribution in [2.24, 2.45) is 0 Å². The van der Waals surface area contributed by atoms with E-state index in [-0.39, 0.29) is 24.9 Å². The van der Waals surface area contributed by atoms with Crippen molar-refractivity contribution < 1.29 is 9.59 Å². The molecular formula is C22H27N3O2. The Bertz CT molecular complexity index is 847. The molecule has 0 unspecified atom stereocenters. The molecule has 0 saturated carbocycles. The summed E-state index contributed by atoms with van der Waals surface area (Å²) in [5, 5.41) is 5.61. The van der Waals surface area contributed by atoms with Crippen LogP contribution in [0.1, 0.15) is 30.0 Å². The topological polar surface area (TPSA) is 61.4 Å². The van der Waals surface area contributed by atoms with Gasteiger partial charge in [0.2, 0.25) is 11.8 Å². The molecule has 5 heteroatoms. The number of nitrogens with zero attached hydrogens (tertiary/aromatic N) is 1. The zero-order chi connectivity index (χ0) is 19.4. The molecule has 2 aromatic rings. The maximum atomic E-state index is 12.4. The third-order valence-corrected chi connectivity index (χ3v) is 5.30. The molecule has 1 heterocycles. The third kappa shape index (κ3) is 4.48. The smallest absolute Gasteiger partial charge is 0.243 e. The van der Waals surface area contributed by atoms with E-state index >= 15 is 0 Å². The fourth-order valence-electron chi connectivity index (χ4n) is 3.47. The van der Waals surface area contributed by atoms with Crippen LogP contribution in [0.25, 0.3) is 0 Å². The largest absolute Gasteiger partial charge is 0.359 e. The van der Waals surface area contributed by atoms with Gasteiger partial charge in [-0.1, -0.05) is 30.3 Å². The number of carbonyl (C=O) groups excluding carboxylic acids is 2. The molecule has 0 spiro atoms. The molecule has 1 aliphatic rings. The van der Waals surface area contributed by atoms with Gasteiger partial charge in [-0.3, -0.25) is 9.59 Å². The molecule has 5 nitrogen and oxygen atoms in total. The first kappa shape index (κ1) is 19.0. The predicted molar refractivity (Wildman–Crippen MR) is 109 cm³/mol. The Kier molecular flexibility index (Phi) is 5.79. The summed E-state index contributed by atoms with van der Waals surface area (Å²) in [6.45, 7) is 6.34. The maximum Gasteiger partial charge on any atom is 0.243 e. The molecule has 0 radical (unpaired) electrons. The molecule has 0 saturated heterocycles. The molecular weight excluding hydrogens is 338 g/mol. The predicted octanol–water partition coefficient (Wildman–Crippen LogP) is 3.20. The van der Waals surface area contributed by atoms with Crippen LogP contribution >= 0.6 is 0 Å². The van der Waals surface area contributed by atoms with Gasteiger partial charge in [-0.25, -0.2) is 0 Å². The number of hydrogen-bond donors (Lipinski definition) is 2. The molecule has 3 rings (SSSR count). The Morgan fingerprint density at radius 1 is 1.07 bits per heavy atom. The van der Waals surface area contributed by atoms with Crippen LogP contribution < -0.4 is 15.5 Å². The molecule has 0 bridgehead atoms. The molecule has 27 heavy (non-hydrogen) atoms. The summed E-state index contributed by atoms with van der Waals surface area (Å²) in [4.78, 5) is 26.7. The van der Waals surface area contributed by atoms with E-state index in [1.807, 2.05) is 44.2 Å². The van der Waals surface area contributed by atoms with Crippen molar-refractivity contribution in [2.45, 2.75) is 39.7 Å². The average molecular weight is 365 g/mol. The molecule has 2 N–H and O–H groups in total. The zero-order valence-electron chi connectivity index (χ0n) is 16.2. The van der Waals surface area contributed by atoms with E-state index in [1.165, 1.54) is 5.56 Å². The Morgan fingerprint density at radius 2 is 1.85 bits per heavy atom. The fourth-order valence-corrected chi connectivity index (χ4v) is 3.47. The fraction of sp³-hybridized carbons (Fsp3) is 0.364. The molecule has 142 valence electrons. The normalized spacial score (nSPS) is 15.8. The van der Waals surface area contributed by atoms with E-state index in [0.29, 0.717) is 6.04 Å². The molecule has 1 atom stereocenters. The lowest BCUT2D eigenvalue weighted by molar-refractivity contribution is -0.123. The standard InChI is InChI=1S/C22H27N3O2/c1-15-7-6-9-19(17(15)3)24-21(26)13-23-22(27)14-25-16(2)11-12-18-8-4-5-10-20(18)25/h4-10,16H,11-14H2,1-3H3,(H,23,27)(H,24,26)/t16-/m1/s1. The number of para-hydroxylation sites is 1. The summed E-state index contributed by atoms with van der Waals surface area (Å²) in [6, 6.07) is 14.3. The van der Waals surface area contributed by atoms with E-state index in [9.17, 15) is 9.59 Å². The summed E-state index contributed by atoms with van der Waals surface area (Å²) in [5.41, 5.74) is 5.33. The summed E-state index contributed by atoms with van der Waals surface area (Å²) in [7, 11) is 0. The van der Waals surface area contributed by atoms with Crippen molar-refractivity contribution in [1.29, 1.82) is 0 Å². The number of fused-ring (bicyclic) bond motifs is 1. The lowest BCUT2D eigenvalue weighted by Crippen LogP contribution is -2.45. The first-order chi connectivity index (χ1) is 13.0. The highest BCUT2D eigenvalue weighted by molar-refractivity contribution is 5.95. The van der Waals surface area contributed by atoms with Crippen LogP contribution in [0.2, 0.25) is 0 Å². The van der Waals surface area contributed by atoms with Crippen molar-refractivity contribution in [3.8, 4) is 0 Å². The lowest BCUT2D eigenvalue weighted by atomic mass is 9.97. The van der Waals surface area contributed by atoms with E-state index in [1.54, 1.807) is 0 Å². The SMILES string of the molecule is Cc1cccc(NC(=O)CNC(=O)CN2c3ccccc3CC[C@H]2C)c1C. The molecule has 0 fully saturated rings. The van der Waals surface area contributed by atoms with Gasteiger partial charge in [0.05, 0.1) is 13.1 Å². The third-order valence-electron chi connectivity index (χ3n) is 5.30. The highest BCUT2D eigenvalue weighted by Gasteiger charge is 2.24. The van der Waals surface area contributed by atoms with Gasteiger partial charge in [-0.15, -0.1) is 0 Å². The molecule has 1 aliphatic heterocycles. The van der Waals surface area contributed by atoms with Gasteiger partial charge in [0.1, 0.15) is 0 Å². The summed E-state index contributed by atoms with van der Waals surface area (Å²) >= 11 is 0. The van der Waals surface area contributed by atoms with Crippen molar-refractivity contribution in [3.05, 3.63) is 59.2 Å². The van der Waals surface area contributed by atoms with Gasteiger partial charge >= 0.3 is 0 Å². The summed E-state index contributed by atoms with van der Waals surface area (Å²) in [5.74, 6) is -0.362. The first-order valence-electron chi connectivity index (χ1n) is 9.43. The van der Waals surface area contributed by atoms with Gasteiger partial charge < -0.3 is 15.5 Å². The second-order valence-corrected chi connectivity index (χ2v) is 7.22. The Labute approximate surface area is 160 Å². The van der Waals surface area contributed by atoms with Crippen LogP contribution in [0.4, 0.5) is 11.4 Å². The van der Waals surface area contributed by atoms with Crippen molar-refractivity contribution in [1.82, 2.24) is 5.32 Å². The van der Waals surface area contributed by atoms with Crippen molar-refractivity contribution in [2.75, 3.05) is 23.3 Å². The van der Waals surface area contributed by atoms with Gasteiger partial charge in [0.15, 0.2) is 0 Å². The quantitative estimate of drug-likeness (QED) is 0.855. The van der Waals surface area contributed by atoms with Gasteiger partial charge in [0.25, 0.3) is 0 Å². The van der Waals surface area contributed by atoms with E-state index < -0.39 is 0 Å². The monoisotopic (exact) mass is 365 g/mol. The van der Waals surface area contributed by atoms with Crippen LogP contribution in [0.15, 0.2) is 42.5 Å². The second kappa shape index (κ2) is 8.25. The Balaban J connectivity index is 1.55. The number of aryl methyl sites for hydroxylation is 2. The minimum Gasteiger partial charge on any atom is -0.359 e. The number of rotatable bonds is 5. The van der Waals surface area contributed by atoms with E-state index in [4.69, 9.17) is 0 Å². The van der Waals surface area contributed by atoms with Crippen molar-refractivity contribution in [3.63, 3.8) is 0 Å². The van der Waals surface area contributed by atoms with Crippen LogP contribution in [0.3, 0.4) is 0 Å². The number of carbonyl (C=O) groups is 2. The molecule has 0 aromatic heterocycles. The lowest BCUT2D eigenvalue weighted by Gasteiger charge is -2.36. The van der Waals surface area contributed by atoms with Crippen LogP contribution in [0.5, 0.6) is 0 Å². The van der Waals surface area contributed by atoms with Crippen LogP contribution in [-0.2, 0) is 16.0 Å².